The third kappa shape index (κ3) is 4.05. The molecule has 2 aliphatic heterocycles. The lowest BCUT2D eigenvalue weighted by atomic mass is 9.89. The van der Waals surface area contributed by atoms with Crippen molar-refractivity contribution >= 4 is 23.4 Å². The molecule has 3 aliphatic rings. The van der Waals surface area contributed by atoms with E-state index in [2.05, 4.69) is 15.3 Å². The highest BCUT2D eigenvalue weighted by molar-refractivity contribution is 6.03. The molecule has 3 heterocycles. The Labute approximate surface area is 188 Å². The van der Waals surface area contributed by atoms with Gasteiger partial charge in [0.05, 0.1) is 24.9 Å². The maximum absolute atomic E-state index is 13.4. The second-order valence-corrected chi connectivity index (χ2v) is 8.70. The van der Waals surface area contributed by atoms with E-state index in [-0.39, 0.29) is 36.4 Å². The van der Waals surface area contributed by atoms with Gasteiger partial charge in [0.1, 0.15) is 17.5 Å². The molecule has 1 saturated heterocycles. The number of likely N-dealkylation sites (N-methyl/N-ethyl adjacent to an activating group) is 1. The number of aryl methyl sites for hydroxylation is 1. The molecule has 0 spiro atoms. The van der Waals surface area contributed by atoms with Crippen molar-refractivity contribution in [1.82, 2.24) is 9.97 Å². The summed E-state index contributed by atoms with van der Waals surface area (Å²) in [5, 5.41) is 3.27. The van der Waals surface area contributed by atoms with Gasteiger partial charge in [-0.2, -0.15) is 4.98 Å². The van der Waals surface area contributed by atoms with Gasteiger partial charge in [-0.1, -0.05) is 0 Å². The van der Waals surface area contributed by atoms with E-state index in [1.807, 2.05) is 18.9 Å². The van der Waals surface area contributed by atoms with Crippen LogP contribution < -0.4 is 19.9 Å². The third-order valence-electron chi connectivity index (χ3n) is 6.24. The Morgan fingerprint density at radius 2 is 1.91 bits per heavy atom. The van der Waals surface area contributed by atoms with Crippen molar-refractivity contribution in [2.45, 2.75) is 44.4 Å². The van der Waals surface area contributed by atoms with Crippen molar-refractivity contribution in [2.75, 3.05) is 41.9 Å². The van der Waals surface area contributed by atoms with E-state index in [9.17, 15) is 18.0 Å². The molecule has 8 nitrogen and oxygen atoms in total. The molecule has 1 aliphatic carbocycles. The maximum Gasteiger partial charge on any atom is 0.247 e. The van der Waals surface area contributed by atoms with E-state index in [0.29, 0.717) is 49.2 Å². The van der Waals surface area contributed by atoms with Crippen molar-refractivity contribution in [1.29, 1.82) is 0 Å². The lowest BCUT2D eigenvalue weighted by Gasteiger charge is -2.39. The molecule has 2 fully saturated rings. The summed E-state index contributed by atoms with van der Waals surface area (Å²) in [5.74, 6) is -2.99. The quantitative estimate of drug-likeness (QED) is 0.683. The number of ether oxygens (including phenoxy) is 2. The second-order valence-electron chi connectivity index (χ2n) is 8.70. The van der Waals surface area contributed by atoms with Gasteiger partial charge in [-0.05, 0) is 13.3 Å². The van der Waals surface area contributed by atoms with Crippen LogP contribution in [0.1, 0.15) is 25.0 Å². The largest absolute Gasteiger partial charge is 0.490 e. The van der Waals surface area contributed by atoms with E-state index in [4.69, 9.17) is 9.47 Å². The van der Waals surface area contributed by atoms with Crippen LogP contribution in [0.2, 0.25) is 0 Å². The van der Waals surface area contributed by atoms with Gasteiger partial charge in [0.15, 0.2) is 23.3 Å². The monoisotopic (exact) mass is 463 g/mol. The topological polar surface area (TPSA) is 79.8 Å². The van der Waals surface area contributed by atoms with Gasteiger partial charge in [0.25, 0.3) is 0 Å². The number of hydrogen-bond acceptors (Lipinski definition) is 7. The molecular weight excluding hydrogens is 439 g/mol. The molecule has 5 rings (SSSR count). The number of halogens is 3. The summed E-state index contributed by atoms with van der Waals surface area (Å²) < 4.78 is 50.9. The lowest BCUT2D eigenvalue weighted by Crippen LogP contribution is -2.50. The smallest absolute Gasteiger partial charge is 0.247 e. The fourth-order valence-electron chi connectivity index (χ4n) is 4.51. The van der Waals surface area contributed by atoms with Crippen molar-refractivity contribution in [2.24, 2.45) is 0 Å². The molecule has 176 valence electrons. The van der Waals surface area contributed by atoms with Gasteiger partial charge in [0, 0.05) is 44.7 Å². The van der Waals surface area contributed by atoms with Crippen molar-refractivity contribution in [3.05, 3.63) is 35.3 Å². The van der Waals surface area contributed by atoms with Crippen LogP contribution in [0.4, 0.5) is 30.6 Å². The zero-order chi connectivity index (χ0) is 23.3. The molecule has 11 heteroatoms. The molecule has 33 heavy (non-hydrogen) atoms. The van der Waals surface area contributed by atoms with Gasteiger partial charge in [-0.15, -0.1) is 0 Å². The van der Waals surface area contributed by atoms with E-state index in [1.54, 1.807) is 4.90 Å². The van der Waals surface area contributed by atoms with Crippen LogP contribution in [0.5, 0.6) is 5.75 Å². The number of carbonyl (C=O) groups is 1. The van der Waals surface area contributed by atoms with E-state index in [0.717, 1.165) is 18.6 Å². The Bertz CT molecular complexity index is 1070. The molecule has 1 saturated carbocycles. The van der Waals surface area contributed by atoms with Crippen LogP contribution in [-0.4, -0.2) is 60.9 Å². The average molecular weight is 463 g/mol. The number of nitrogens with one attached hydrogen (secondary N) is 1. The Morgan fingerprint density at radius 3 is 2.58 bits per heavy atom. The van der Waals surface area contributed by atoms with E-state index in [1.165, 1.54) is 0 Å². The van der Waals surface area contributed by atoms with Gasteiger partial charge in [0.2, 0.25) is 11.9 Å². The van der Waals surface area contributed by atoms with Gasteiger partial charge >= 0.3 is 0 Å². The Morgan fingerprint density at radius 1 is 1.18 bits per heavy atom. The standard InChI is InChI=1S/C22H24F3N5O3/c1-11-20-21(29(2)9-18(31)30(20)13-3-4-32-10-13)28-22(26-11)27-12-5-14(6-12)33-15-7-16(23)19(25)17(24)8-15/h7-8,12-14H,3-6,9-10H2,1-2H3,(H,26,27,28). The van der Waals surface area contributed by atoms with Gasteiger partial charge in [-0.3, -0.25) is 4.79 Å². The number of rotatable bonds is 5. The van der Waals surface area contributed by atoms with Gasteiger partial charge in [-0.25, -0.2) is 18.2 Å². The van der Waals surface area contributed by atoms with Crippen molar-refractivity contribution in [3.63, 3.8) is 0 Å². The number of benzene rings is 1. The lowest BCUT2D eigenvalue weighted by molar-refractivity contribution is -0.118. The first-order valence-corrected chi connectivity index (χ1v) is 10.9. The van der Waals surface area contributed by atoms with Crippen LogP contribution in [0.3, 0.4) is 0 Å². The number of amides is 1. The van der Waals surface area contributed by atoms with Crippen LogP contribution in [-0.2, 0) is 9.53 Å². The third-order valence-corrected chi connectivity index (χ3v) is 6.24. The molecule has 1 unspecified atom stereocenters. The molecule has 1 aromatic carbocycles. The molecule has 1 N–H and O–H groups in total. The highest BCUT2D eigenvalue weighted by Crippen LogP contribution is 2.38. The molecule has 2 aromatic rings. The van der Waals surface area contributed by atoms with Crippen molar-refractivity contribution < 1.29 is 27.4 Å². The zero-order valence-electron chi connectivity index (χ0n) is 18.3. The Balaban J connectivity index is 1.27. The summed E-state index contributed by atoms with van der Waals surface area (Å²) in [4.78, 5) is 25.6. The maximum atomic E-state index is 13.4. The van der Waals surface area contributed by atoms with Crippen LogP contribution in [0.15, 0.2) is 12.1 Å². The molecule has 0 radical (unpaired) electrons. The summed E-state index contributed by atoms with van der Waals surface area (Å²) in [7, 11) is 1.82. The van der Waals surface area contributed by atoms with Crippen LogP contribution >= 0.6 is 0 Å². The fraction of sp³-hybridized carbons (Fsp3) is 0.500. The van der Waals surface area contributed by atoms with Crippen LogP contribution in [0.25, 0.3) is 0 Å². The Kier molecular flexibility index (Phi) is 5.51. The summed E-state index contributed by atoms with van der Waals surface area (Å²) in [6.07, 6.45) is 1.66. The predicted octanol–water partition coefficient (Wildman–Crippen LogP) is 2.80. The number of carbonyl (C=O) groups excluding carboxylic acids is 1. The molecule has 1 aromatic heterocycles. The SMILES string of the molecule is Cc1nc(NC2CC(Oc3cc(F)c(F)c(F)c3)C2)nc2c1N(C1CCOC1)C(=O)CN2C. The Hall–Kier alpha value is -3.08. The van der Waals surface area contributed by atoms with Gasteiger partial charge < -0.3 is 24.6 Å². The minimum absolute atomic E-state index is 0.000518. The summed E-state index contributed by atoms with van der Waals surface area (Å²) >= 11 is 0. The number of anilines is 3. The molecular formula is C22H24F3N5O3. The zero-order valence-corrected chi connectivity index (χ0v) is 18.3. The summed E-state index contributed by atoms with van der Waals surface area (Å²) in [6.45, 7) is 3.20. The number of hydrogen-bond donors (Lipinski definition) is 1. The molecule has 0 bridgehead atoms. The summed E-state index contributed by atoms with van der Waals surface area (Å²) in [5.41, 5.74) is 1.41. The highest BCUT2D eigenvalue weighted by Gasteiger charge is 2.38. The minimum Gasteiger partial charge on any atom is -0.490 e. The fourth-order valence-corrected chi connectivity index (χ4v) is 4.51. The van der Waals surface area contributed by atoms with E-state index < -0.39 is 17.5 Å². The molecule has 1 atom stereocenters. The normalized spacial score (nSPS) is 24.5. The predicted molar refractivity (Wildman–Crippen MR) is 114 cm³/mol. The van der Waals surface area contributed by atoms with Crippen LogP contribution in [0, 0.1) is 24.4 Å². The molecule has 1 amide bonds. The number of nitrogens with zero attached hydrogens (tertiary/aromatic N) is 4. The summed E-state index contributed by atoms with van der Waals surface area (Å²) in [6, 6.07) is 1.68. The number of aromatic nitrogens is 2. The second kappa shape index (κ2) is 8.36. The first-order chi connectivity index (χ1) is 15.8. The first-order valence-electron chi connectivity index (χ1n) is 10.9. The first kappa shape index (κ1) is 21.7. The highest BCUT2D eigenvalue weighted by atomic mass is 19.2. The number of fused-ring (bicyclic) bond motifs is 1. The van der Waals surface area contributed by atoms with E-state index >= 15 is 0 Å². The average Bonchev–Trinajstić information content (AvgIpc) is 3.25. The minimum atomic E-state index is -1.51. The van der Waals surface area contributed by atoms with Crippen molar-refractivity contribution in [3.8, 4) is 5.75 Å².